The highest BCUT2D eigenvalue weighted by Gasteiger charge is 2.24. The van der Waals surface area contributed by atoms with Crippen molar-refractivity contribution in [3.63, 3.8) is 0 Å². The lowest BCUT2D eigenvalue weighted by molar-refractivity contribution is 0.0635. The van der Waals surface area contributed by atoms with Crippen LogP contribution in [-0.2, 0) is 6.54 Å². The van der Waals surface area contributed by atoms with E-state index in [1.807, 2.05) is 42.5 Å². The summed E-state index contributed by atoms with van der Waals surface area (Å²) < 4.78 is 0. The van der Waals surface area contributed by atoms with Gasteiger partial charge in [0.1, 0.15) is 4.83 Å². The number of thiophene rings is 1. The molecule has 2 aromatic carbocycles. The molecule has 1 amide bonds. The maximum Gasteiger partial charge on any atom is 0.264 e. The lowest BCUT2D eigenvalue weighted by Gasteiger charge is -2.24. The van der Waals surface area contributed by atoms with Crippen LogP contribution in [-0.4, -0.2) is 38.5 Å². The molecule has 0 radical (unpaired) electrons. The third-order valence-corrected chi connectivity index (χ3v) is 6.13. The molecule has 4 rings (SSSR count). The van der Waals surface area contributed by atoms with Crippen molar-refractivity contribution in [1.82, 2.24) is 14.9 Å². The number of carbonyl (C=O) groups excluding carboxylic acids is 1. The van der Waals surface area contributed by atoms with Crippen molar-refractivity contribution in [3.8, 4) is 0 Å². The third kappa shape index (κ3) is 3.66. The second kappa shape index (κ2) is 7.77. The first-order valence-electron chi connectivity index (χ1n) is 9.36. The molecular formula is C22H21N3O3S. The van der Waals surface area contributed by atoms with Crippen molar-refractivity contribution in [3.05, 3.63) is 75.1 Å². The number of aryl methyl sites for hydroxylation is 1. The average Bonchev–Trinajstić information content (AvgIpc) is 3.04. The van der Waals surface area contributed by atoms with Crippen molar-refractivity contribution in [2.75, 3.05) is 6.54 Å². The second-order valence-electron chi connectivity index (χ2n) is 7.14. The second-order valence-corrected chi connectivity index (χ2v) is 8.14. The summed E-state index contributed by atoms with van der Waals surface area (Å²) in [6.07, 6.45) is 0.670. The first-order chi connectivity index (χ1) is 14.0. The Kier molecular flexibility index (Phi) is 5.17. The van der Waals surface area contributed by atoms with Crippen LogP contribution >= 0.6 is 11.3 Å². The molecule has 2 aromatic heterocycles. The van der Waals surface area contributed by atoms with Crippen LogP contribution in [0.3, 0.4) is 0 Å². The number of aromatic amines is 1. The summed E-state index contributed by atoms with van der Waals surface area (Å²) in [6.45, 7) is 3.98. The number of rotatable bonds is 5. The minimum atomic E-state index is -0.676. The third-order valence-electron chi connectivity index (χ3n) is 4.94. The fraction of sp³-hybridized carbons (Fsp3) is 0.227. The molecule has 0 aliphatic heterocycles. The molecule has 4 aromatic rings. The Balaban J connectivity index is 1.75. The van der Waals surface area contributed by atoms with Crippen LogP contribution in [0.15, 0.2) is 53.6 Å². The summed E-state index contributed by atoms with van der Waals surface area (Å²) in [4.78, 5) is 35.0. The van der Waals surface area contributed by atoms with Gasteiger partial charge in [0.25, 0.3) is 11.5 Å². The van der Waals surface area contributed by atoms with Gasteiger partial charge in [-0.2, -0.15) is 0 Å². The number of aromatic nitrogens is 2. The van der Waals surface area contributed by atoms with E-state index in [0.717, 1.165) is 16.3 Å². The molecule has 0 fully saturated rings. The zero-order valence-corrected chi connectivity index (χ0v) is 17.0. The van der Waals surface area contributed by atoms with E-state index < -0.39 is 6.10 Å². The molecule has 1 atom stereocenters. The summed E-state index contributed by atoms with van der Waals surface area (Å²) in [5, 5.41) is 12.6. The van der Waals surface area contributed by atoms with Crippen LogP contribution in [0.4, 0.5) is 0 Å². The summed E-state index contributed by atoms with van der Waals surface area (Å²) in [5.41, 5.74) is 1.38. The van der Waals surface area contributed by atoms with Crippen LogP contribution in [0.5, 0.6) is 0 Å². The van der Waals surface area contributed by atoms with Crippen molar-refractivity contribution >= 4 is 38.2 Å². The SMILES string of the molecule is Cc1c(C(=O)N(Cc2cccc3ccccc23)C[C@H](C)O)sc2nc[nH]c(=O)c12. The lowest BCUT2D eigenvalue weighted by atomic mass is 10.0. The first-order valence-corrected chi connectivity index (χ1v) is 10.2. The molecule has 2 N–H and O–H groups in total. The van der Waals surface area contributed by atoms with Crippen molar-refractivity contribution in [1.29, 1.82) is 0 Å². The Labute approximate surface area is 171 Å². The number of H-pyrrole nitrogens is 1. The van der Waals surface area contributed by atoms with Gasteiger partial charge in [-0.15, -0.1) is 11.3 Å². The monoisotopic (exact) mass is 407 g/mol. The highest BCUT2D eigenvalue weighted by atomic mass is 32.1. The van der Waals surface area contributed by atoms with Gasteiger partial charge in [0.15, 0.2) is 0 Å². The fourth-order valence-corrected chi connectivity index (χ4v) is 4.72. The largest absolute Gasteiger partial charge is 0.392 e. The van der Waals surface area contributed by atoms with Gasteiger partial charge in [-0.3, -0.25) is 9.59 Å². The van der Waals surface area contributed by atoms with Crippen LogP contribution in [0, 0.1) is 6.92 Å². The van der Waals surface area contributed by atoms with Gasteiger partial charge < -0.3 is 15.0 Å². The van der Waals surface area contributed by atoms with Gasteiger partial charge in [0, 0.05) is 13.1 Å². The number of nitrogens with one attached hydrogen (secondary N) is 1. The number of amides is 1. The predicted molar refractivity (Wildman–Crippen MR) is 115 cm³/mol. The van der Waals surface area contributed by atoms with E-state index >= 15 is 0 Å². The highest BCUT2D eigenvalue weighted by Crippen LogP contribution is 2.29. The van der Waals surface area contributed by atoms with Gasteiger partial charge >= 0.3 is 0 Å². The maximum absolute atomic E-state index is 13.4. The smallest absolute Gasteiger partial charge is 0.264 e. The highest BCUT2D eigenvalue weighted by molar-refractivity contribution is 7.20. The molecule has 7 heteroatoms. The number of hydrogen-bond acceptors (Lipinski definition) is 5. The standard InChI is InChI=1S/C22H21N3O3S/c1-13(26)10-25(11-16-8-5-7-15-6-3-4-9-17(15)16)22(28)19-14(2)18-20(27)23-12-24-21(18)29-19/h3-9,12-13,26H,10-11H2,1-2H3,(H,23,24,27)/t13-/m0/s1. The van der Waals surface area contributed by atoms with E-state index in [9.17, 15) is 14.7 Å². The van der Waals surface area contributed by atoms with Crippen molar-refractivity contribution in [2.45, 2.75) is 26.5 Å². The molecule has 0 spiro atoms. The number of aliphatic hydroxyl groups excluding tert-OH is 1. The first kappa shape index (κ1) is 19.3. The number of hydrogen-bond donors (Lipinski definition) is 2. The van der Waals surface area contributed by atoms with E-state index in [1.165, 1.54) is 17.7 Å². The lowest BCUT2D eigenvalue weighted by Crippen LogP contribution is -2.36. The number of nitrogens with zero attached hydrogens (tertiary/aromatic N) is 2. The molecule has 0 bridgehead atoms. The summed E-state index contributed by atoms with van der Waals surface area (Å²) in [7, 11) is 0. The molecule has 0 saturated carbocycles. The van der Waals surface area contributed by atoms with E-state index in [1.54, 1.807) is 18.7 Å². The zero-order valence-electron chi connectivity index (χ0n) is 16.2. The Bertz CT molecular complexity index is 1250. The summed E-state index contributed by atoms with van der Waals surface area (Å²) >= 11 is 1.21. The van der Waals surface area contributed by atoms with E-state index in [-0.39, 0.29) is 18.0 Å². The number of carbonyl (C=O) groups is 1. The predicted octanol–water partition coefficient (Wildman–Crippen LogP) is 3.47. The van der Waals surface area contributed by atoms with Crippen LogP contribution in [0.2, 0.25) is 0 Å². The topological polar surface area (TPSA) is 86.3 Å². The Morgan fingerprint density at radius 3 is 2.76 bits per heavy atom. The molecule has 0 saturated heterocycles. The van der Waals surface area contributed by atoms with Crippen LogP contribution in [0.1, 0.15) is 27.7 Å². The fourth-order valence-electron chi connectivity index (χ4n) is 3.60. The minimum Gasteiger partial charge on any atom is -0.392 e. The van der Waals surface area contributed by atoms with Gasteiger partial charge in [-0.25, -0.2) is 4.98 Å². The quantitative estimate of drug-likeness (QED) is 0.530. The Morgan fingerprint density at radius 2 is 2.00 bits per heavy atom. The molecule has 148 valence electrons. The van der Waals surface area contributed by atoms with Gasteiger partial charge in [-0.1, -0.05) is 42.5 Å². The van der Waals surface area contributed by atoms with Gasteiger partial charge in [0.05, 0.1) is 22.7 Å². The van der Waals surface area contributed by atoms with E-state index in [2.05, 4.69) is 9.97 Å². The molecule has 0 unspecified atom stereocenters. The maximum atomic E-state index is 13.4. The van der Waals surface area contributed by atoms with Crippen LogP contribution < -0.4 is 5.56 Å². The van der Waals surface area contributed by atoms with Crippen molar-refractivity contribution in [2.24, 2.45) is 0 Å². The Hall–Kier alpha value is -3.03. The summed E-state index contributed by atoms with van der Waals surface area (Å²) in [5.74, 6) is -0.210. The Morgan fingerprint density at radius 1 is 1.24 bits per heavy atom. The van der Waals surface area contributed by atoms with E-state index in [0.29, 0.717) is 27.2 Å². The van der Waals surface area contributed by atoms with Gasteiger partial charge in [0.2, 0.25) is 0 Å². The summed E-state index contributed by atoms with van der Waals surface area (Å²) in [6, 6.07) is 14.0. The molecule has 29 heavy (non-hydrogen) atoms. The number of fused-ring (bicyclic) bond motifs is 2. The normalized spacial score (nSPS) is 12.4. The number of aliphatic hydroxyl groups is 1. The molecule has 0 aliphatic rings. The van der Waals surface area contributed by atoms with Crippen LogP contribution in [0.25, 0.3) is 21.0 Å². The van der Waals surface area contributed by atoms with E-state index in [4.69, 9.17) is 0 Å². The van der Waals surface area contributed by atoms with Gasteiger partial charge in [-0.05, 0) is 35.7 Å². The molecule has 2 heterocycles. The molecule has 6 nitrogen and oxygen atoms in total. The number of benzene rings is 2. The molecule has 0 aliphatic carbocycles. The zero-order chi connectivity index (χ0) is 20.5. The van der Waals surface area contributed by atoms with Crippen molar-refractivity contribution < 1.29 is 9.90 Å². The average molecular weight is 407 g/mol. The minimum absolute atomic E-state index is 0.194. The molecular weight excluding hydrogens is 386 g/mol.